The zero-order valence-electron chi connectivity index (χ0n) is 26.0. The Kier molecular flexibility index (Phi) is 16.3. The Morgan fingerprint density at radius 2 is 1.45 bits per heavy atom. The predicted molar refractivity (Wildman–Crippen MR) is 178 cm³/mol. The molecular formula is C36H52N2O3S. The van der Waals surface area contributed by atoms with Gasteiger partial charge in [0.2, 0.25) is 5.91 Å². The lowest BCUT2D eigenvalue weighted by Crippen LogP contribution is -2.16. The molecule has 2 aromatic rings. The summed E-state index contributed by atoms with van der Waals surface area (Å²) in [5.41, 5.74) is 3.26. The topological polar surface area (TPSA) is 58.6 Å². The second-order valence-electron chi connectivity index (χ2n) is 11.5. The van der Waals surface area contributed by atoms with Crippen LogP contribution in [0.15, 0.2) is 54.1 Å². The third kappa shape index (κ3) is 13.1. The average Bonchev–Trinajstić information content (AvgIpc) is 3.49. The van der Waals surface area contributed by atoms with Crippen molar-refractivity contribution in [3.8, 4) is 5.75 Å². The molecule has 3 rings (SSSR count). The lowest BCUT2D eigenvalue weighted by atomic mass is 10.0. The third-order valence-electron chi connectivity index (χ3n) is 7.80. The number of anilines is 1. The van der Waals surface area contributed by atoms with Crippen LogP contribution in [0.25, 0.3) is 0 Å². The summed E-state index contributed by atoms with van der Waals surface area (Å²) in [6.45, 7) is 5.24. The molecule has 0 aliphatic carbocycles. The van der Waals surface area contributed by atoms with Gasteiger partial charge < -0.3 is 15.0 Å². The van der Waals surface area contributed by atoms with Crippen molar-refractivity contribution in [3.63, 3.8) is 0 Å². The quantitative estimate of drug-likeness (QED) is 0.109. The number of Topliss-reactive ketones (excluding diaryl/α,β-unsaturated/α-hetero) is 1. The number of nitrogens with one attached hydrogen (secondary N) is 1. The number of rotatable bonds is 22. The van der Waals surface area contributed by atoms with Crippen molar-refractivity contribution in [2.45, 2.75) is 117 Å². The van der Waals surface area contributed by atoms with Crippen LogP contribution in [-0.2, 0) is 17.8 Å². The van der Waals surface area contributed by atoms with Crippen molar-refractivity contribution in [1.82, 2.24) is 4.90 Å². The highest BCUT2D eigenvalue weighted by atomic mass is 32.2. The number of amides is 1. The van der Waals surface area contributed by atoms with E-state index in [9.17, 15) is 9.59 Å². The zero-order chi connectivity index (χ0) is 29.8. The van der Waals surface area contributed by atoms with Crippen LogP contribution in [-0.4, -0.2) is 29.1 Å². The highest BCUT2D eigenvalue weighted by Crippen LogP contribution is 2.27. The van der Waals surface area contributed by atoms with Crippen LogP contribution < -0.4 is 10.1 Å². The molecule has 0 unspecified atom stereocenters. The molecule has 5 nitrogen and oxygen atoms in total. The van der Waals surface area contributed by atoms with Gasteiger partial charge in [-0.2, -0.15) is 0 Å². The smallest absolute Gasteiger partial charge is 0.228 e. The lowest BCUT2D eigenvalue weighted by Gasteiger charge is -2.16. The summed E-state index contributed by atoms with van der Waals surface area (Å²) in [6.07, 6.45) is 20.6. The Hall–Kier alpha value is -2.73. The van der Waals surface area contributed by atoms with Crippen LogP contribution in [0, 0.1) is 0 Å². The molecule has 0 aromatic heterocycles. The predicted octanol–water partition coefficient (Wildman–Crippen LogP) is 9.91. The number of nitrogens with zero attached hydrogens (tertiary/aromatic N) is 1. The van der Waals surface area contributed by atoms with Gasteiger partial charge in [0.1, 0.15) is 5.75 Å². The second-order valence-corrected chi connectivity index (χ2v) is 12.4. The van der Waals surface area contributed by atoms with Gasteiger partial charge >= 0.3 is 0 Å². The van der Waals surface area contributed by atoms with E-state index in [1.165, 1.54) is 82.6 Å². The van der Waals surface area contributed by atoms with Crippen molar-refractivity contribution < 1.29 is 14.3 Å². The minimum absolute atomic E-state index is 0.0462. The third-order valence-corrected chi connectivity index (χ3v) is 8.60. The van der Waals surface area contributed by atoms with Gasteiger partial charge in [-0.25, -0.2) is 0 Å². The number of ketones is 1. The van der Waals surface area contributed by atoms with Gasteiger partial charge in [-0.1, -0.05) is 115 Å². The summed E-state index contributed by atoms with van der Waals surface area (Å²) < 4.78 is 6.15. The number of para-hydroxylation sites is 1. The van der Waals surface area contributed by atoms with E-state index in [1.807, 2.05) is 36.4 Å². The Morgan fingerprint density at radius 3 is 2.02 bits per heavy atom. The normalized spacial score (nSPS) is 12.6. The van der Waals surface area contributed by atoms with E-state index in [0.717, 1.165) is 36.5 Å². The Morgan fingerprint density at radius 1 is 0.833 bits per heavy atom. The molecule has 0 spiro atoms. The summed E-state index contributed by atoms with van der Waals surface area (Å²) >= 11 is 1.79. The summed E-state index contributed by atoms with van der Waals surface area (Å²) in [4.78, 5) is 27.5. The first-order valence-corrected chi connectivity index (χ1v) is 17.3. The monoisotopic (exact) mass is 592 g/mol. The van der Waals surface area contributed by atoms with Crippen LogP contribution in [0.2, 0.25) is 0 Å². The zero-order valence-corrected chi connectivity index (χ0v) is 26.8. The molecule has 2 aromatic carbocycles. The van der Waals surface area contributed by atoms with Crippen LogP contribution >= 0.6 is 11.8 Å². The number of unbranched alkanes of at least 4 members (excludes halogenated alkanes) is 13. The first kappa shape index (κ1) is 33.8. The van der Waals surface area contributed by atoms with E-state index < -0.39 is 0 Å². The molecule has 1 N–H and O–H groups in total. The number of hydrogen-bond donors (Lipinski definition) is 1. The molecule has 42 heavy (non-hydrogen) atoms. The maximum absolute atomic E-state index is 12.9. The number of thioether (sulfide) groups is 1. The second kappa shape index (κ2) is 20.2. The van der Waals surface area contributed by atoms with Crippen molar-refractivity contribution >= 4 is 29.1 Å². The Balaban J connectivity index is 1.35. The molecule has 6 heteroatoms. The molecule has 1 aliphatic rings. The number of benzene rings is 2. The molecule has 0 fully saturated rings. The van der Waals surface area contributed by atoms with E-state index in [2.05, 4.69) is 28.7 Å². The average molecular weight is 593 g/mol. The molecule has 0 bridgehead atoms. The molecule has 1 amide bonds. The molecule has 230 valence electrons. The highest BCUT2D eigenvalue weighted by molar-refractivity contribution is 8.02. The van der Waals surface area contributed by atoms with Gasteiger partial charge in [-0.05, 0) is 42.5 Å². The highest BCUT2D eigenvalue weighted by Gasteiger charge is 2.16. The van der Waals surface area contributed by atoms with Crippen LogP contribution in [0.5, 0.6) is 5.75 Å². The van der Waals surface area contributed by atoms with Gasteiger partial charge in [-0.15, -0.1) is 11.8 Å². The van der Waals surface area contributed by atoms with Gasteiger partial charge in [0, 0.05) is 24.0 Å². The van der Waals surface area contributed by atoms with Gasteiger partial charge in [0.15, 0.2) is 5.78 Å². The van der Waals surface area contributed by atoms with Gasteiger partial charge in [0.25, 0.3) is 0 Å². The first-order valence-electron chi connectivity index (χ1n) is 16.2. The van der Waals surface area contributed by atoms with E-state index in [0.29, 0.717) is 17.9 Å². The van der Waals surface area contributed by atoms with Gasteiger partial charge in [0.05, 0.1) is 24.5 Å². The van der Waals surface area contributed by atoms with E-state index in [1.54, 1.807) is 24.8 Å². The maximum atomic E-state index is 12.9. The van der Waals surface area contributed by atoms with E-state index in [4.69, 9.17) is 4.74 Å². The molecule has 1 aliphatic heterocycles. The molecule has 0 radical (unpaired) electrons. The molecule has 0 saturated carbocycles. The standard InChI is InChI=1S/C36H52N2O3S/c1-3-4-5-6-7-8-9-10-11-12-13-14-15-16-25-41-36-32(18-17-19-34(36)30(2)39)27-35(40)37-33-22-20-31(21-23-33)28-38-24-26-42-29-38/h17-24,26H,3-16,25,27-29H2,1-2H3,(H,37,40). The fourth-order valence-corrected chi connectivity index (χ4v) is 6.07. The van der Waals surface area contributed by atoms with Crippen molar-refractivity contribution in [2.75, 3.05) is 17.8 Å². The Labute approximate surface area is 258 Å². The molecule has 0 saturated heterocycles. The fraction of sp³-hybridized carbons (Fsp3) is 0.556. The van der Waals surface area contributed by atoms with Crippen molar-refractivity contribution in [2.24, 2.45) is 0 Å². The number of ether oxygens (including phenoxy) is 1. The summed E-state index contributed by atoms with van der Waals surface area (Å²) in [7, 11) is 0. The van der Waals surface area contributed by atoms with E-state index in [-0.39, 0.29) is 18.1 Å². The first-order chi connectivity index (χ1) is 20.6. The minimum atomic E-state index is -0.122. The van der Waals surface area contributed by atoms with Crippen LogP contribution in [0.4, 0.5) is 5.69 Å². The number of carbonyl (C=O) groups is 2. The summed E-state index contributed by atoms with van der Waals surface area (Å²) in [5, 5.41) is 5.10. The lowest BCUT2D eigenvalue weighted by molar-refractivity contribution is -0.115. The van der Waals surface area contributed by atoms with Gasteiger partial charge in [-0.3, -0.25) is 9.59 Å². The Bertz CT molecular complexity index is 1100. The molecule has 1 heterocycles. The van der Waals surface area contributed by atoms with E-state index >= 15 is 0 Å². The number of hydrogen-bond acceptors (Lipinski definition) is 5. The summed E-state index contributed by atoms with van der Waals surface area (Å²) in [6, 6.07) is 13.5. The van der Waals surface area contributed by atoms with Crippen molar-refractivity contribution in [1.29, 1.82) is 0 Å². The fourth-order valence-electron chi connectivity index (χ4n) is 5.36. The molecular weight excluding hydrogens is 540 g/mol. The summed E-state index contributed by atoms with van der Waals surface area (Å²) in [5.74, 6) is 1.36. The maximum Gasteiger partial charge on any atom is 0.228 e. The van der Waals surface area contributed by atoms with Crippen molar-refractivity contribution in [3.05, 3.63) is 70.8 Å². The number of carbonyl (C=O) groups excluding carboxylic acids is 2. The molecule has 0 atom stereocenters. The van der Waals surface area contributed by atoms with Crippen LogP contribution in [0.3, 0.4) is 0 Å². The van der Waals surface area contributed by atoms with Crippen LogP contribution in [0.1, 0.15) is 125 Å². The minimum Gasteiger partial charge on any atom is -0.493 e. The largest absolute Gasteiger partial charge is 0.493 e. The SMILES string of the molecule is CCCCCCCCCCCCCCCCOc1c(CC(=O)Nc2ccc(CN3C=CSC3)cc2)cccc1C(C)=O.